The van der Waals surface area contributed by atoms with Gasteiger partial charge in [-0.2, -0.15) is 0 Å². The zero-order valence-corrected chi connectivity index (χ0v) is 13.9. The maximum Gasteiger partial charge on any atom is 0.132 e. The first-order valence-electron chi connectivity index (χ1n) is 5.22. The molecule has 0 saturated heterocycles. The van der Waals surface area contributed by atoms with E-state index in [1.807, 2.05) is 0 Å². The largest absolute Gasteiger partial charge is 0.496 e. The summed E-state index contributed by atoms with van der Waals surface area (Å²) >= 11 is 4.64. The molecule has 2 rings (SSSR count). The Morgan fingerprint density at radius 2 is 1.47 bits per heavy atom. The van der Waals surface area contributed by atoms with Crippen LogP contribution < -0.4 is 4.74 Å². The number of hydrogen-bond acceptors (Lipinski definition) is 1. The number of ether oxygens (including phenoxy) is 1. The fraction of sp³-hybridized carbons (Fsp3) is 0.143. The molecule has 0 radical (unpaired) electrons. The van der Waals surface area contributed by atoms with E-state index in [1.54, 1.807) is 7.11 Å². The van der Waals surface area contributed by atoms with E-state index in [9.17, 15) is 0 Å². The lowest BCUT2D eigenvalue weighted by Gasteiger charge is -2.08. The minimum atomic E-state index is 0.930. The van der Waals surface area contributed by atoms with Crippen molar-refractivity contribution in [2.24, 2.45) is 0 Å². The van der Waals surface area contributed by atoms with Crippen molar-refractivity contribution in [3.8, 4) is 16.9 Å². The Morgan fingerprint density at radius 1 is 0.882 bits per heavy atom. The van der Waals surface area contributed by atoms with Crippen molar-refractivity contribution >= 4 is 45.2 Å². The molecule has 88 valence electrons. The maximum absolute atomic E-state index is 5.35. The molecule has 0 heterocycles. The highest BCUT2D eigenvalue weighted by molar-refractivity contribution is 14.1. The summed E-state index contributed by atoms with van der Waals surface area (Å²) in [6.07, 6.45) is 0. The van der Waals surface area contributed by atoms with Crippen LogP contribution in [0.3, 0.4) is 0 Å². The van der Waals surface area contributed by atoms with Crippen LogP contribution in [0.1, 0.15) is 5.56 Å². The lowest BCUT2D eigenvalue weighted by Crippen LogP contribution is -1.88. The molecule has 0 aliphatic heterocycles. The van der Waals surface area contributed by atoms with Gasteiger partial charge in [0.2, 0.25) is 0 Å². The number of rotatable bonds is 2. The average molecular weight is 450 g/mol. The molecular weight excluding hydrogens is 438 g/mol. The lowest BCUT2D eigenvalue weighted by atomic mass is 10.0. The summed E-state index contributed by atoms with van der Waals surface area (Å²) < 4.78 is 7.78. The Morgan fingerprint density at radius 3 is 2.06 bits per heavy atom. The lowest BCUT2D eigenvalue weighted by molar-refractivity contribution is 0.412. The second-order valence-electron chi connectivity index (χ2n) is 3.81. The molecule has 0 amide bonds. The highest BCUT2D eigenvalue weighted by atomic mass is 127. The summed E-state index contributed by atoms with van der Waals surface area (Å²) in [5.74, 6) is 0.930. The highest BCUT2D eigenvalue weighted by Crippen LogP contribution is 2.29. The van der Waals surface area contributed by atoms with Gasteiger partial charge in [-0.15, -0.1) is 0 Å². The van der Waals surface area contributed by atoms with Crippen LogP contribution in [0.5, 0.6) is 5.75 Å². The van der Waals surface area contributed by atoms with Gasteiger partial charge in [0.05, 0.1) is 10.7 Å². The monoisotopic (exact) mass is 450 g/mol. The summed E-state index contributed by atoms with van der Waals surface area (Å²) in [6.45, 7) is 2.13. The Kier molecular flexibility index (Phi) is 4.30. The van der Waals surface area contributed by atoms with E-state index >= 15 is 0 Å². The molecule has 2 aromatic rings. The van der Waals surface area contributed by atoms with Gasteiger partial charge in [0.25, 0.3) is 0 Å². The molecule has 0 aliphatic carbocycles. The van der Waals surface area contributed by atoms with E-state index in [2.05, 4.69) is 88.5 Å². The molecule has 1 nitrogen and oxygen atoms in total. The molecule has 0 aliphatic rings. The van der Waals surface area contributed by atoms with Crippen LogP contribution in [0.15, 0.2) is 36.4 Å². The molecule has 0 atom stereocenters. The van der Waals surface area contributed by atoms with Crippen molar-refractivity contribution < 1.29 is 4.74 Å². The molecule has 3 heteroatoms. The van der Waals surface area contributed by atoms with Gasteiger partial charge in [-0.05, 0) is 87.0 Å². The Bertz CT molecular complexity index is 550. The SMILES string of the molecule is COc1cc(-c2ccc(I)c(C)c2)ccc1I. The van der Waals surface area contributed by atoms with E-state index in [4.69, 9.17) is 4.74 Å². The second-order valence-corrected chi connectivity index (χ2v) is 6.14. The van der Waals surface area contributed by atoms with Crippen LogP contribution >= 0.6 is 45.2 Å². The van der Waals surface area contributed by atoms with Crippen LogP contribution in [-0.2, 0) is 0 Å². The van der Waals surface area contributed by atoms with Crippen molar-refractivity contribution in [2.45, 2.75) is 6.92 Å². The van der Waals surface area contributed by atoms with Crippen LogP contribution in [0.25, 0.3) is 11.1 Å². The van der Waals surface area contributed by atoms with Gasteiger partial charge >= 0.3 is 0 Å². The van der Waals surface area contributed by atoms with Crippen molar-refractivity contribution in [3.63, 3.8) is 0 Å². The maximum atomic E-state index is 5.35. The number of benzene rings is 2. The van der Waals surface area contributed by atoms with Crippen LogP contribution in [-0.4, -0.2) is 7.11 Å². The third-order valence-electron chi connectivity index (χ3n) is 2.64. The van der Waals surface area contributed by atoms with Gasteiger partial charge < -0.3 is 4.74 Å². The normalized spacial score (nSPS) is 10.4. The number of hydrogen-bond donors (Lipinski definition) is 0. The molecular formula is C14H12I2O. The quantitative estimate of drug-likeness (QED) is 0.594. The Labute approximate surface area is 129 Å². The first-order chi connectivity index (χ1) is 8.11. The van der Waals surface area contributed by atoms with Gasteiger partial charge in [-0.3, -0.25) is 0 Å². The van der Waals surface area contributed by atoms with Gasteiger partial charge in [0.1, 0.15) is 5.75 Å². The van der Waals surface area contributed by atoms with Crippen molar-refractivity contribution in [3.05, 3.63) is 49.1 Å². The highest BCUT2D eigenvalue weighted by Gasteiger charge is 2.04. The van der Waals surface area contributed by atoms with Gasteiger partial charge in [0, 0.05) is 3.57 Å². The third kappa shape index (κ3) is 2.93. The number of methoxy groups -OCH3 is 1. The minimum absolute atomic E-state index is 0.930. The van der Waals surface area contributed by atoms with Crippen LogP contribution in [0, 0.1) is 14.1 Å². The van der Waals surface area contributed by atoms with E-state index in [1.165, 1.54) is 20.3 Å². The van der Waals surface area contributed by atoms with E-state index in [0.717, 1.165) is 9.32 Å². The molecule has 0 fully saturated rings. The minimum Gasteiger partial charge on any atom is -0.496 e. The average Bonchev–Trinajstić information content (AvgIpc) is 2.33. The van der Waals surface area contributed by atoms with Crippen molar-refractivity contribution in [1.29, 1.82) is 0 Å². The summed E-state index contributed by atoms with van der Waals surface area (Å²) in [5.41, 5.74) is 3.74. The zero-order chi connectivity index (χ0) is 12.4. The molecule has 0 N–H and O–H groups in total. The van der Waals surface area contributed by atoms with Gasteiger partial charge in [-0.1, -0.05) is 18.2 Å². The van der Waals surface area contributed by atoms with E-state index in [0.29, 0.717) is 0 Å². The van der Waals surface area contributed by atoms with E-state index < -0.39 is 0 Å². The summed E-state index contributed by atoms with van der Waals surface area (Å²) in [5, 5.41) is 0. The topological polar surface area (TPSA) is 9.23 Å². The first kappa shape index (κ1) is 13.1. The smallest absolute Gasteiger partial charge is 0.132 e. The fourth-order valence-electron chi connectivity index (χ4n) is 1.66. The standard InChI is InChI=1S/C14H12I2O/c1-9-7-10(3-5-12(9)15)11-4-6-13(16)14(8-11)17-2/h3-8H,1-2H3. The molecule has 2 aromatic carbocycles. The molecule has 0 aromatic heterocycles. The second kappa shape index (κ2) is 5.56. The summed E-state index contributed by atoms with van der Waals surface area (Å²) in [7, 11) is 1.71. The summed E-state index contributed by atoms with van der Waals surface area (Å²) in [6, 6.07) is 12.8. The molecule has 0 bridgehead atoms. The van der Waals surface area contributed by atoms with Gasteiger partial charge in [0.15, 0.2) is 0 Å². The fourth-order valence-corrected chi connectivity index (χ4v) is 2.55. The molecule has 0 unspecified atom stereocenters. The van der Waals surface area contributed by atoms with Crippen molar-refractivity contribution in [1.82, 2.24) is 0 Å². The number of halogens is 2. The molecule has 0 saturated carbocycles. The number of aryl methyl sites for hydroxylation is 1. The third-order valence-corrected chi connectivity index (χ3v) is 4.74. The van der Waals surface area contributed by atoms with Crippen molar-refractivity contribution in [2.75, 3.05) is 7.11 Å². The Balaban J connectivity index is 2.49. The zero-order valence-electron chi connectivity index (χ0n) is 9.63. The molecule has 0 spiro atoms. The summed E-state index contributed by atoms with van der Waals surface area (Å²) in [4.78, 5) is 0. The predicted octanol–water partition coefficient (Wildman–Crippen LogP) is 4.88. The van der Waals surface area contributed by atoms with Crippen LogP contribution in [0.4, 0.5) is 0 Å². The Hall–Kier alpha value is -0.300. The van der Waals surface area contributed by atoms with E-state index in [-0.39, 0.29) is 0 Å². The molecule has 17 heavy (non-hydrogen) atoms. The van der Waals surface area contributed by atoms with Gasteiger partial charge in [-0.25, -0.2) is 0 Å². The van der Waals surface area contributed by atoms with Crippen LogP contribution in [0.2, 0.25) is 0 Å². The first-order valence-corrected chi connectivity index (χ1v) is 7.37. The predicted molar refractivity (Wildman–Crippen MR) is 88.6 cm³/mol.